The van der Waals surface area contributed by atoms with Crippen LogP contribution in [0.3, 0.4) is 0 Å². The number of β-amino-alcohol motifs (C(OH)–C–C–N with tert-alkyl or cyclic N) is 1. The first kappa shape index (κ1) is 13.2. The van der Waals surface area contributed by atoms with Crippen molar-refractivity contribution in [3.63, 3.8) is 0 Å². The quantitative estimate of drug-likeness (QED) is 0.939. The van der Waals surface area contributed by atoms with E-state index >= 15 is 0 Å². The Morgan fingerprint density at radius 2 is 1.95 bits per heavy atom. The summed E-state index contributed by atoms with van der Waals surface area (Å²) in [6.45, 7) is 2.00. The Morgan fingerprint density at radius 1 is 1.24 bits per heavy atom. The molecule has 1 aliphatic carbocycles. The van der Waals surface area contributed by atoms with Crippen LogP contribution in [0.25, 0.3) is 11.5 Å². The molecule has 1 saturated heterocycles. The first-order chi connectivity index (χ1) is 10.1. The molecule has 1 aromatic carbocycles. The Kier molecular flexibility index (Phi) is 3.03. The largest absolute Gasteiger partial charge is 0.419 e. The number of hydrogen-bond acceptors (Lipinski definition) is 5. The standard InChI is InChI=1S/C15H16ClN3O2/c16-12-5-1-10(2-6-12)14-18-17-13(21-14)7-19-8-15(20,9-19)11-3-4-11/h1-2,5-6,11,20H,3-4,7-9H2. The lowest BCUT2D eigenvalue weighted by Crippen LogP contribution is -2.62. The van der Waals surface area contributed by atoms with E-state index in [0.29, 0.717) is 42.4 Å². The summed E-state index contributed by atoms with van der Waals surface area (Å²) in [5.41, 5.74) is 0.384. The smallest absolute Gasteiger partial charge is 0.247 e. The van der Waals surface area contributed by atoms with Gasteiger partial charge in [-0.1, -0.05) is 11.6 Å². The highest BCUT2D eigenvalue weighted by Crippen LogP contribution is 2.44. The normalized spacial score (nSPS) is 21.2. The molecule has 1 N–H and O–H groups in total. The Hall–Kier alpha value is -1.43. The minimum Gasteiger partial charge on any atom is -0.419 e. The molecule has 0 atom stereocenters. The first-order valence-corrected chi connectivity index (χ1v) is 7.53. The molecule has 1 aliphatic heterocycles. The van der Waals surface area contributed by atoms with E-state index in [0.717, 1.165) is 18.4 Å². The summed E-state index contributed by atoms with van der Waals surface area (Å²) in [5, 5.41) is 19.1. The van der Waals surface area contributed by atoms with Crippen LogP contribution in [-0.4, -0.2) is 38.9 Å². The molecule has 1 saturated carbocycles. The lowest BCUT2D eigenvalue weighted by atomic mass is 9.89. The average Bonchev–Trinajstić information content (AvgIpc) is 3.19. The van der Waals surface area contributed by atoms with Crippen molar-refractivity contribution in [3.05, 3.63) is 35.2 Å². The summed E-state index contributed by atoms with van der Waals surface area (Å²) in [4.78, 5) is 2.14. The van der Waals surface area contributed by atoms with E-state index in [4.69, 9.17) is 16.0 Å². The molecule has 0 amide bonds. The van der Waals surface area contributed by atoms with Crippen LogP contribution >= 0.6 is 11.6 Å². The summed E-state index contributed by atoms with van der Waals surface area (Å²) in [6.07, 6.45) is 2.32. The van der Waals surface area contributed by atoms with Gasteiger partial charge in [-0.15, -0.1) is 10.2 Å². The summed E-state index contributed by atoms with van der Waals surface area (Å²) in [7, 11) is 0. The maximum absolute atomic E-state index is 10.3. The Labute approximate surface area is 127 Å². The molecule has 2 aromatic rings. The van der Waals surface area contributed by atoms with Crippen molar-refractivity contribution in [2.24, 2.45) is 5.92 Å². The zero-order valence-corrected chi connectivity index (χ0v) is 12.3. The van der Waals surface area contributed by atoms with Crippen LogP contribution in [0.2, 0.25) is 5.02 Å². The van der Waals surface area contributed by atoms with Crippen LogP contribution in [0.1, 0.15) is 18.7 Å². The van der Waals surface area contributed by atoms with Crippen molar-refractivity contribution in [2.75, 3.05) is 13.1 Å². The molecular formula is C15H16ClN3O2. The highest BCUT2D eigenvalue weighted by Gasteiger charge is 2.51. The minimum absolute atomic E-state index is 0.473. The monoisotopic (exact) mass is 305 g/mol. The number of halogens is 1. The van der Waals surface area contributed by atoms with Gasteiger partial charge in [-0.25, -0.2) is 0 Å². The van der Waals surface area contributed by atoms with Gasteiger partial charge in [0, 0.05) is 23.7 Å². The molecule has 6 heteroatoms. The van der Waals surface area contributed by atoms with Crippen molar-refractivity contribution in [1.29, 1.82) is 0 Å². The SMILES string of the molecule is OC1(C2CC2)CN(Cc2nnc(-c3ccc(Cl)cc3)o2)C1. The van der Waals surface area contributed by atoms with Gasteiger partial charge in [-0.3, -0.25) is 4.90 Å². The molecule has 0 radical (unpaired) electrons. The van der Waals surface area contributed by atoms with Gasteiger partial charge in [0.2, 0.25) is 11.8 Å². The molecule has 2 heterocycles. The highest BCUT2D eigenvalue weighted by molar-refractivity contribution is 6.30. The first-order valence-electron chi connectivity index (χ1n) is 7.15. The molecule has 0 spiro atoms. The van der Waals surface area contributed by atoms with E-state index in [1.54, 1.807) is 12.1 Å². The van der Waals surface area contributed by atoms with Crippen LogP contribution in [0.15, 0.2) is 28.7 Å². The zero-order valence-electron chi connectivity index (χ0n) is 11.5. The number of benzene rings is 1. The van der Waals surface area contributed by atoms with Crippen LogP contribution in [0.4, 0.5) is 0 Å². The van der Waals surface area contributed by atoms with Gasteiger partial charge in [-0.2, -0.15) is 0 Å². The van der Waals surface area contributed by atoms with Crippen molar-refractivity contribution < 1.29 is 9.52 Å². The van der Waals surface area contributed by atoms with Gasteiger partial charge in [-0.05, 0) is 43.0 Å². The number of rotatable bonds is 4. The van der Waals surface area contributed by atoms with E-state index in [2.05, 4.69) is 15.1 Å². The molecule has 5 nitrogen and oxygen atoms in total. The van der Waals surface area contributed by atoms with Gasteiger partial charge in [0.25, 0.3) is 0 Å². The summed E-state index contributed by atoms with van der Waals surface area (Å²) in [6, 6.07) is 7.31. The third-order valence-electron chi connectivity index (χ3n) is 4.25. The van der Waals surface area contributed by atoms with E-state index in [1.807, 2.05) is 12.1 Å². The number of nitrogens with zero attached hydrogens (tertiary/aromatic N) is 3. The topological polar surface area (TPSA) is 62.4 Å². The molecule has 110 valence electrons. The number of aliphatic hydroxyl groups is 1. The zero-order chi connectivity index (χ0) is 14.4. The van der Waals surface area contributed by atoms with Gasteiger partial charge >= 0.3 is 0 Å². The second-order valence-electron chi connectivity index (χ2n) is 6.03. The number of likely N-dealkylation sites (tertiary alicyclic amines) is 1. The molecule has 2 fully saturated rings. The predicted octanol–water partition coefficient (Wildman–Crippen LogP) is 2.35. The maximum atomic E-state index is 10.3. The highest BCUT2D eigenvalue weighted by atomic mass is 35.5. The van der Waals surface area contributed by atoms with Crippen LogP contribution < -0.4 is 0 Å². The minimum atomic E-state index is -0.473. The van der Waals surface area contributed by atoms with Crippen LogP contribution in [0, 0.1) is 5.92 Å². The third kappa shape index (κ3) is 2.57. The van der Waals surface area contributed by atoms with E-state index in [1.165, 1.54) is 0 Å². The second-order valence-corrected chi connectivity index (χ2v) is 6.47. The van der Waals surface area contributed by atoms with Crippen molar-refractivity contribution in [1.82, 2.24) is 15.1 Å². The van der Waals surface area contributed by atoms with Gasteiger partial charge < -0.3 is 9.52 Å². The molecule has 0 bridgehead atoms. The number of hydrogen-bond donors (Lipinski definition) is 1. The Bertz CT molecular complexity index is 645. The second kappa shape index (κ2) is 4.80. The molecule has 0 unspecified atom stereocenters. The fourth-order valence-corrected chi connectivity index (χ4v) is 3.06. The van der Waals surface area contributed by atoms with Crippen LogP contribution in [0.5, 0.6) is 0 Å². The molecule has 4 rings (SSSR count). The van der Waals surface area contributed by atoms with Gasteiger partial charge in [0.05, 0.1) is 12.1 Å². The lowest BCUT2D eigenvalue weighted by molar-refractivity contribution is -0.118. The third-order valence-corrected chi connectivity index (χ3v) is 4.50. The van der Waals surface area contributed by atoms with Crippen molar-refractivity contribution >= 4 is 11.6 Å². The van der Waals surface area contributed by atoms with Crippen molar-refractivity contribution in [2.45, 2.75) is 25.0 Å². The summed E-state index contributed by atoms with van der Waals surface area (Å²) >= 11 is 5.86. The molecular weight excluding hydrogens is 290 g/mol. The van der Waals surface area contributed by atoms with E-state index < -0.39 is 5.60 Å². The Morgan fingerprint density at radius 3 is 2.62 bits per heavy atom. The predicted molar refractivity (Wildman–Crippen MR) is 77.7 cm³/mol. The van der Waals surface area contributed by atoms with E-state index in [-0.39, 0.29) is 0 Å². The van der Waals surface area contributed by atoms with Crippen molar-refractivity contribution in [3.8, 4) is 11.5 Å². The van der Waals surface area contributed by atoms with Gasteiger partial charge in [0.1, 0.15) is 0 Å². The number of aromatic nitrogens is 2. The van der Waals surface area contributed by atoms with Crippen LogP contribution in [-0.2, 0) is 6.54 Å². The Balaban J connectivity index is 1.40. The van der Waals surface area contributed by atoms with Gasteiger partial charge in [0.15, 0.2) is 0 Å². The molecule has 21 heavy (non-hydrogen) atoms. The molecule has 2 aliphatic rings. The summed E-state index contributed by atoms with van der Waals surface area (Å²) in [5.74, 6) is 1.58. The summed E-state index contributed by atoms with van der Waals surface area (Å²) < 4.78 is 5.67. The maximum Gasteiger partial charge on any atom is 0.247 e. The fraction of sp³-hybridized carbons (Fsp3) is 0.467. The average molecular weight is 306 g/mol. The molecule has 1 aromatic heterocycles. The fourth-order valence-electron chi connectivity index (χ4n) is 2.94. The lowest BCUT2D eigenvalue weighted by Gasteiger charge is -2.46. The van der Waals surface area contributed by atoms with E-state index in [9.17, 15) is 5.11 Å².